The first-order chi connectivity index (χ1) is 17.4. The van der Waals surface area contributed by atoms with Gasteiger partial charge < -0.3 is 15.4 Å². The van der Waals surface area contributed by atoms with Crippen LogP contribution < -0.4 is 52.6 Å². The van der Waals surface area contributed by atoms with Gasteiger partial charge in [-0.15, -0.1) is 20.5 Å². The number of quaternary nitrogens is 2. The zero-order chi connectivity index (χ0) is 27.3. The normalized spacial score (nSPS) is 21.0. The topological polar surface area (TPSA) is 233 Å². The van der Waals surface area contributed by atoms with Crippen LogP contribution in [0.5, 0.6) is 11.5 Å². The Bertz CT molecular complexity index is 834. The number of ether oxygens (including phenoxy) is 1. The van der Waals surface area contributed by atoms with Gasteiger partial charge in [-0.2, -0.15) is 0 Å². The van der Waals surface area contributed by atoms with E-state index in [9.17, 15) is 0 Å². The maximum Gasteiger partial charge on any atom is 0.131 e. The summed E-state index contributed by atoms with van der Waals surface area (Å²) in [7, 11) is -9.89. The summed E-state index contributed by atoms with van der Waals surface area (Å²) in [5, 5.41) is 4.96. The molecule has 1 saturated heterocycles. The SMILES string of the molecule is [O-][Cl+3]([O-])([O-])[O-].[O-][Cl+3]([O-])([O-])[O-].c1ccc2c(c1)CN1CC[NH2+]CCN(CC[NH2+]CC1)Cc1ccccc1O2. The number of nitrogens with two attached hydrogens (primary N) is 2. The zero-order valence-electron chi connectivity index (χ0n) is 20.2. The first-order valence-electron chi connectivity index (χ1n) is 11.5. The monoisotopic (exact) mass is 566 g/mol. The highest BCUT2D eigenvalue weighted by molar-refractivity contribution is 5.41. The van der Waals surface area contributed by atoms with Gasteiger partial charge in [-0.05, 0) is 12.1 Å². The van der Waals surface area contributed by atoms with Crippen LogP contribution in [0, 0.1) is 20.5 Å². The minimum atomic E-state index is -4.94. The minimum Gasteiger partial charge on any atom is -0.457 e. The second-order valence-electron chi connectivity index (χ2n) is 8.36. The van der Waals surface area contributed by atoms with Gasteiger partial charge in [0.25, 0.3) is 0 Å². The van der Waals surface area contributed by atoms with Crippen LogP contribution in [0.25, 0.3) is 0 Å². The highest BCUT2D eigenvalue weighted by Crippen LogP contribution is 2.29. The van der Waals surface area contributed by atoms with Gasteiger partial charge in [0.1, 0.15) is 11.5 Å². The highest BCUT2D eigenvalue weighted by Gasteiger charge is 2.17. The van der Waals surface area contributed by atoms with Crippen LogP contribution in [0.3, 0.4) is 0 Å². The summed E-state index contributed by atoms with van der Waals surface area (Å²) in [5.41, 5.74) is 2.55. The third-order valence-electron chi connectivity index (χ3n) is 5.55. The molecule has 0 amide bonds. The van der Waals surface area contributed by atoms with Gasteiger partial charge in [-0.25, -0.2) is 37.3 Å². The number of benzene rings is 2. The predicted molar refractivity (Wildman–Crippen MR) is 107 cm³/mol. The van der Waals surface area contributed by atoms with Crippen molar-refractivity contribution in [3.8, 4) is 11.5 Å². The molecule has 0 unspecified atom stereocenters. The molecule has 3 aliphatic rings. The highest BCUT2D eigenvalue weighted by atomic mass is 35.7. The fourth-order valence-corrected chi connectivity index (χ4v) is 3.99. The molecule has 0 aromatic heterocycles. The van der Waals surface area contributed by atoms with E-state index < -0.39 is 20.5 Å². The summed E-state index contributed by atoms with van der Waals surface area (Å²) in [6.45, 7) is 11.0. The smallest absolute Gasteiger partial charge is 0.131 e. The van der Waals surface area contributed by atoms with Crippen LogP contribution in [-0.2, 0) is 13.1 Å². The van der Waals surface area contributed by atoms with Crippen molar-refractivity contribution in [2.75, 3.05) is 52.4 Å². The molecule has 5 rings (SSSR count). The van der Waals surface area contributed by atoms with E-state index in [1.54, 1.807) is 0 Å². The van der Waals surface area contributed by atoms with Gasteiger partial charge in [0.15, 0.2) is 0 Å². The van der Waals surface area contributed by atoms with Crippen LogP contribution in [0.4, 0.5) is 0 Å². The molecule has 1 fully saturated rings. The Morgan fingerprint density at radius 2 is 0.838 bits per heavy atom. The van der Waals surface area contributed by atoms with Crippen molar-refractivity contribution in [1.82, 2.24) is 9.80 Å². The molecule has 2 aromatic carbocycles. The Kier molecular flexibility index (Phi) is 13.4. The quantitative estimate of drug-likeness (QED) is 0.303. The number of rotatable bonds is 0. The molecular formula is C22H32Cl2N4O9. The Morgan fingerprint density at radius 1 is 0.541 bits per heavy atom. The third-order valence-corrected chi connectivity index (χ3v) is 5.55. The Balaban J connectivity index is 0.000000412. The molecule has 208 valence electrons. The molecule has 0 saturated carbocycles. The molecule has 2 bridgehead atoms. The van der Waals surface area contributed by atoms with Crippen LogP contribution in [0.15, 0.2) is 48.5 Å². The first kappa shape index (κ1) is 31.6. The van der Waals surface area contributed by atoms with Crippen LogP contribution in [0.1, 0.15) is 11.1 Å². The standard InChI is InChI=1S/C22H30N4O.2ClHO4/c1-3-7-21-19(5-1)17-25-13-9-23-11-15-26(16-12-24-10-14-25)18-20-6-2-4-8-22(20)27-21;2*2-1(3,4)5/h1-8,23-24H,9-18H2;2*(H,2,3,4,5). The Labute approximate surface area is 219 Å². The molecule has 0 aliphatic carbocycles. The number of hydrogen-bond donors (Lipinski definition) is 2. The minimum absolute atomic E-state index is 0.951. The van der Waals surface area contributed by atoms with E-state index in [0.717, 1.165) is 76.9 Å². The van der Waals surface area contributed by atoms with Gasteiger partial charge in [0, 0.05) is 50.4 Å². The fraction of sp³-hybridized carbons (Fsp3) is 0.455. The molecule has 13 nitrogen and oxygen atoms in total. The first-order valence-corrected chi connectivity index (χ1v) is 14.0. The summed E-state index contributed by atoms with van der Waals surface area (Å²) in [4.78, 5) is 5.15. The van der Waals surface area contributed by atoms with E-state index >= 15 is 0 Å². The summed E-state index contributed by atoms with van der Waals surface area (Å²) in [6.07, 6.45) is 0. The van der Waals surface area contributed by atoms with Crippen molar-refractivity contribution < 1.29 is 73.1 Å². The number of para-hydroxylation sites is 2. The second kappa shape index (κ2) is 15.7. The van der Waals surface area contributed by atoms with E-state index in [-0.39, 0.29) is 0 Å². The van der Waals surface area contributed by atoms with Gasteiger partial charge in [-0.1, -0.05) is 36.4 Å². The number of hydrogen-bond acceptors (Lipinski definition) is 11. The average molecular weight is 567 g/mol. The molecule has 3 aliphatic heterocycles. The van der Waals surface area contributed by atoms with Gasteiger partial charge in [0.05, 0.1) is 26.2 Å². The lowest BCUT2D eigenvalue weighted by Gasteiger charge is -2.27. The Hall–Kier alpha value is -1.66. The summed E-state index contributed by atoms with van der Waals surface area (Å²) in [6, 6.07) is 17.0. The average Bonchev–Trinajstić information content (AvgIpc) is 2.77. The van der Waals surface area contributed by atoms with Crippen molar-refractivity contribution in [2.45, 2.75) is 13.1 Å². The molecule has 15 heteroatoms. The number of nitrogens with zero attached hydrogens (tertiary/aromatic N) is 2. The second-order valence-corrected chi connectivity index (χ2v) is 9.87. The van der Waals surface area contributed by atoms with E-state index in [1.807, 2.05) is 0 Å². The van der Waals surface area contributed by atoms with Crippen molar-refractivity contribution in [1.29, 1.82) is 0 Å². The lowest BCUT2D eigenvalue weighted by molar-refractivity contribution is -2.00. The van der Waals surface area contributed by atoms with Gasteiger partial charge in [0.2, 0.25) is 0 Å². The summed E-state index contributed by atoms with van der Waals surface area (Å²) in [5.74, 6) is 1.98. The maximum atomic E-state index is 8.49. The van der Waals surface area contributed by atoms with Crippen LogP contribution in [0.2, 0.25) is 0 Å². The van der Waals surface area contributed by atoms with E-state index in [1.165, 1.54) is 11.1 Å². The van der Waals surface area contributed by atoms with Gasteiger partial charge >= 0.3 is 0 Å². The van der Waals surface area contributed by atoms with Crippen molar-refractivity contribution in [2.24, 2.45) is 0 Å². The molecule has 0 spiro atoms. The lowest BCUT2D eigenvalue weighted by Crippen LogP contribution is -2.89. The number of fused-ring (bicyclic) bond motifs is 8. The molecule has 3 heterocycles. The lowest BCUT2D eigenvalue weighted by atomic mass is 10.1. The zero-order valence-corrected chi connectivity index (χ0v) is 21.7. The largest absolute Gasteiger partial charge is 0.457 e. The Morgan fingerprint density at radius 3 is 1.16 bits per heavy atom. The van der Waals surface area contributed by atoms with Crippen LogP contribution >= 0.6 is 0 Å². The third kappa shape index (κ3) is 15.4. The summed E-state index contributed by atoms with van der Waals surface area (Å²) >= 11 is 0. The molecular weight excluding hydrogens is 535 g/mol. The fourth-order valence-electron chi connectivity index (χ4n) is 3.99. The van der Waals surface area contributed by atoms with Crippen molar-refractivity contribution in [3.63, 3.8) is 0 Å². The molecule has 0 radical (unpaired) electrons. The molecule has 0 atom stereocenters. The molecule has 4 N–H and O–H groups in total. The van der Waals surface area contributed by atoms with Crippen molar-refractivity contribution in [3.05, 3.63) is 59.7 Å². The van der Waals surface area contributed by atoms with Crippen LogP contribution in [-0.4, -0.2) is 62.2 Å². The number of halogens is 2. The maximum absolute atomic E-state index is 8.49. The van der Waals surface area contributed by atoms with E-state index in [4.69, 9.17) is 42.0 Å². The summed E-state index contributed by atoms with van der Waals surface area (Å²) < 4.78 is 74.4. The van der Waals surface area contributed by atoms with Gasteiger partial charge in [-0.3, -0.25) is 9.80 Å². The van der Waals surface area contributed by atoms with Crippen molar-refractivity contribution >= 4 is 0 Å². The predicted octanol–water partition coefficient (Wildman–Crippen LogP) is -9.28. The molecule has 37 heavy (non-hydrogen) atoms. The van der Waals surface area contributed by atoms with E-state index in [2.05, 4.69) is 69.0 Å². The van der Waals surface area contributed by atoms with E-state index in [0.29, 0.717) is 0 Å². The molecule has 2 aromatic rings.